The maximum Gasteiger partial charge on any atom is 0.192 e. The van der Waals surface area contributed by atoms with Crippen LogP contribution in [-0.2, 0) is 13.9 Å². The van der Waals surface area contributed by atoms with Crippen molar-refractivity contribution in [3.63, 3.8) is 0 Å². The van der Waals surface area contributed by atoms with Crippen LogP contribution in [0, 0.1) is 0 Å². The molecule has 160 valence electrons. The first-order chi connectivity index (χ1) is 13.1. The number of hydrogen-bond acceptors (Lipinski definition) is 4. The minimum atomic E-state index is -1.65. The summed E-state index contributed by atoms with van der Waals surface area (Å²) in [6.45, 7) is 14.5. The molecule has 0 N–H and O–H groups in total. The topological polar surface area (TPSA) is 36.9 Å². The van der Waals surface area contributed by atoms with Gasteiger partial charge in [0.25, 0.3) is 0 Å². The van der Waals surface area contributed by atoms with E-state index in [0.29, 0.717) is 12.7 Å². The molecule has 4 nitrogen and oxygen atoms in total. The lowest BCUT2D eigenvalue weighted by molar-refractivity contribution is -0.0614. The monoisotopic (exact) mass is 408 g/mol. The van der Waals surface area contributed by atoms with E-state index in [9.17, 15) is 0 Å². The molecule has 5 heteroatoms. The third-order valence-electron chi connectivity index (χ3n) is 6.08. The fraction of sp³-hybridized carbons (Fsp3) is 0.739. The quantitative estimate of drug-likeness (QED) is 0.328. The van der Waals surface area contributed by atoms with Gasteiger partial charge in [-0.2, -0.15) is 0 Å². The molecule has 0 saturated carbocycles. The van der Waals surface area contributed by atoms with Crippen molar-refractivity contribution in [2.75, 3.05) is 13.7 Å². The Balaban J connectivity index is 1.61. The number of ether oxygens (including phenoxy) is 3. The summed E-state index contributed by atoms with van der Waals surface area (Å²) in [5.74, 6) is 0.852. The van der Waals surface area contributed by atoms with E-state index < -0.39 is 8.32 Å². The van der Waals surface area contributed by atoms with E-state index in [1.165, 1.54) is 19.3 Å². The SMILES string of the molecule is COc1ccc(C2OC[C@@H](CCCCC[C@H](C)O[Si](C)(C)C(C)(C)C)O2)cc1. The summed E-state index contributed by atoms with van der Waals surface area (Å²) >= 11 is 0. The Labute approximate surface area is 173 Å². The van der Waals surface area contributed by atoms with Gasteiger partial charge in [0.1, 0.15) is 5.75 Å². The van der Waals surface area contributed by atoms with Crippen LogP contribution < -0.4 is 4.74 Å². The van der Waals surface area contributed by atoms with Gasteiger partial charge in [0.2, 0.25) is 0 Å². The molecule has 0 amide bonds. The van der Waals surface area contributed by atoms with Crippen LogP contribution in [-0.4, -0.2) is 34.2 Å². The third-order valence-corrected chi connectivity index (χ3v) is 10.7. The summed E-state index contributed by atoms with van der Waals surface area (Å²) < 4.78 is 23.5. The molecule has 1 unspecified atom stereocenters. The predicted octanol–water partition coefficient (Wildman–Crippen LogP) is 6.47. The summed E-state index contributed by atoms with van der Waals surface area (Å²) in [5, 5.41) is 0.279. The maximum atomic E-state index is 6.45. The standard InChI is InChI=1S/C23H40O4Si/c1-18(27-28(6,7)23(2,3)4)11-9-8-10-12-21-17-25-22(26-21)19-13-15-20(24-5)16-14-19/h13-16,18,21-22H,8-12,17H2,1-7H3/t18-,21+,22?/m0/s1. The molecular weight excluding hydrogens is 368 g/mol. The highest BCUT2D eigenvalue weighted by molar-refractivity contribution is 6.74. The normalized spacial score (nSPS) is 21.7. The summed E-state index contributed by atoms with van der Waals surface area (Å²) in [4.78, 5) is 0. The van der Waals surface area contributed by atoms with Crippen molar-refractivity contribution in [1.29, 1.82) is 0 Å². The van der Waals surface area contributed by atoms with Crippen molar-refractivity contribution in [2.45, 2.75) is 96.4 Å². The number of benzene rings is 1. The Kier molecular flexibility index (Phi) is 8.55. The Morgan fingerprint density at radius 2 is 1.79 bits per heavy atom. The summed E-state index contributed by atoms with van der Waals surface area (Å²) in [7, 11) is 0.0263. The average Bonchev–Trinajstić information content (AvgIpc) is 3.09. The molecule has 1 aliphatic rings. The van der Waals surface area contributed by atoms with E-state index in [2.05, 4.69) is 40.8 Å². The molecule has 2 rings (SSSR count). The highest BCUT2D eigenvalue weighted by Gasteiger charge is 2.38. The second kappa shape index (κ2) is 10.2. The van der Waals surface area contributed by atoms with Crippen LogP contribution in [0.25, 0.3) is 0 Å². The van der Waals surface area contributed by atoms with Crippen molar-refractivity contribution in [3.05, 3.63) is 29.8 Å². The second-order valence-corrected chi connectivity index (χ2v) is 14.3. The van der Waals surface area contributed by atoms with Crippen molar-refractivity contribution < 1.29 is 18.6 Å². The van der Waals surface area contributed by atoms with Crippen LogP contribution >= 0.6 is 0 Å². The minimum Gasteiger partial charge on any atom is -0.497 e. The number of hydrogen-bond donors (Lipinski definition) is 0. The van der Waals surface area contributed by atoms with Crippen LogP contribution in [0.5, 0.6) is 5.75 Å². The fourth-order valence-electron chi connectivity index (χ4n) is 3.25. The molecule has 1 aromatic carbocycles. The molecule has 0 bridgehead atoms. The molecule has 1 heterocycles. The van der Waals surface area contributed by atoms with Gasteiger partial charge in [-0.1, -0.05) is 52.2 Å². The average molecular weight is 409 g/mol. The number of rotatable bonds is 10. The first-order valence-electron chi connectivity index (χ1n) is 10.7. The van der Waals surface area contributed by atoms with Gasteiger partial charge in [0.15, 0.2) is 14.6 Å². The molecule has 3 atom stereocenters. The predicted molar refractivity (Wildman–Crippen MR) is 117 cm³/mol. The van der Waals surface area contributed by atoms with Crippen LogP contribution in [0.1, 0.15) is 71.7 Å². The van der Waals surface area contributed by atoms with Gasteiger partial charge in [-0.3, -0.25) is 0 Å². The van der Waals surface area contributed by atoms with Crippen molar-refractivity contribution in [3.8, 4) is 5.75 Å². The van der Waals surface area contributed by atoms with Gasteiger partial charge in [0.05, 0.1) is 19.8 Å². The zero-order chi connectivity index (χ0) is 20.8. The van der Waals surface area contributed by atoms with Crippen LogP contribution in [0.4, 0.5) is 0 Å². The van der Waals surface area contributed by atoms with E-state index in [4.69, 9.17) is 18.6 Å². The van der Waals surface area contributed by atoms with Crippen LogP contribution in [0.2, 0.25) is 18.1 Å². The Bertz CT molecular complexity index is 579. The largest absolute Gasteiger partial charge is 0.497 e. The molecule has 1 fully saturated rings. The molecule has 1 aliphatic heterocycles. The number of methoxy groups -OCH3 is 1. The van der Waals surface area contributed by atoms with E-state index in [0.717, 1.165) is 24.2 Å². The third kappa shape index (κ3) is 6.87. The van der Waals surface area contributed by atoms with Gasteiger partial charge >= 0.3 is 0 Å². The Morgan fingerprint density at radius 1 is 1.11 bits per heavy atom. The molecule has 1 saturated heterocycles. The molecule has 1 aromatic rings. The Morgan fingerprint density at radius 3 is 2.39 bits per heavy atom. The zero-order valence-electron chi connectivity index (χ0n) is 18.9. The Hall–Kier alpha value is -0.883. The van der Waals surface area contributed by atoms with Crippen molar-refractivity contribution in [2.24, 2.45) is 0 Å². The van der Waals surface area contributed by atoms with Crippen molar-refractivity contribution in [1.82, 2.24) is 0 Å². The lowest BCUT2D eigenvalue weighted by Crippen LogP contribution is -2.43. The van der Waals surface area contributed by atoms with Crippen molar-refractivity contribution >= 4 is 8.32 Å². The van der Waals surface area contributed by atoms with Crippen LogP contribution in [0.15, 0.2) is 24.3 Å². The minimum absolute atomic E-state index is 0.202. The highest BCUT2D eigenvalue weighted by atomic mass is 28.4. The fourth-order valence-corrected chi connectivity index (χ4v) is 4.73. The van der Waals surface area contributed by atoms with Gasteiger partial charge in [-0.05, 0) is 50.0 Å². The summed E-state index contributed by atoms with van der Waals surface area (Å²) in [5.41, 5.74) is 1.06. The van der Waals surface area contributed by atoms with Gasteiger partial charge in [-0.15, -0.1) is 0 Å². The van der Waals surface area contributed by atoms with Crippen LogP contribution in [0.3, 0.4) is 0 Å². The lowest BCUT2D eigenvalue weighted by Gasteiger charge is -2.38. The zero-order valence-corrected chi connectivity index (χ0v) is 19.9. The smallest absolute Gasteiger partial charge is 0.192 e. The molecule has 0 radical (unpaired) electrons. The molecule has 0 aromatic heterocycles. The van der Waals surface area contributed by atoms with Gasteiger partial charge < -0.3 is 18.6 Å². The molecule has 0 aliphatic carbocycles. The maximum absolute atomic E-state index is 6.45. The number of unbranched alkanes of at least 4 members (excludes halogenated alkanes) is 2. The molecular formula is C23H40O4Si. The highest BCUT2D eigenvalue weighted by Crippen LogP contribution is 2.37. The lowest BCUT2D eigenvalue weighted by atomic mass is 10.1. The summed E-state index contributed by atoms with van der Waals surface area (Å²) in [6, 6.07) is 7.91. The summed E-state index contributed by atoms with van der Waals surface area (Å²) in [6.07, 6.45) is 6.13. The van der Waals surface area contributed by atoms with E-state index in [1.54, 1.807) is 7.11 Å². The van der Waals surface area contributed by atoms with E-state index in [-0.39, 0.29) is 17.4 Å². The first-order valence-corrected chi connectivity index (χ1v) is 13.6. The second-order valence-electron chi connectivity index (χ2n) is 9.52. The van der Waals surface area contributed by atoms with E-state index in [1.807, 2.05) is 24.3 Å². The molecule has 0 spiro atoms. The van der Waals surface area contributed by atoms with E-state index >= 15 is 0 Å². The van der Waals surface area contributed by atoms with Gasteiger partial charge in [-0.25, -0.2) is 0 Å². The van der Waals surface area contributed by atoms with Gasteiger partial charge in [0, 0.05) is 11.7 Å². The first kappa shape index (κ1) is 23.4. The molecule has 28 heavy (non-hydrogen) atoms.